The van der Waals surface area contributed by atoms with Gasteiger partial charge in [-0.1, -0.05) is 17.3 Å². The van der Waals surface area contributed by atoms with Crippen LogP contribution in [0.5, 0.6) is 0 Å². The van der Waals surface area contributed by atoms with Gasteiger partial charge >= 0.3 is 6.18 Å². The van der Waals surface area contributed by atoms with E-state index in [1.54, 1.807) is 7.05 Å². The predicted octanol–water partition coefficient (Wildman–Crippen LogP) is 1.92. The molecule has 0 atom stereocenters. The summed E-state index contributed by atoms with van der Waals surface area (Å²) in [5.74, 6) is 0.341. The zero-order valence-electron chi connectivity index (χ0n) is 16.3. The summed E-state index contributed by atoms with van der Waals surface area (Å²) in [5.41, 5.74) is 0.336. The van der Waals surface area contributed by atoms with Crippen molar-refractivity contribution in [2.45, 2.75) is 18.5 Å². The monoisotopic (exact) mass is 445 g/mol. The van der Waals surface area contributed by atoms with Crippen LogP contribution < -0.4 is 5.32 Å². The fraction of sp³-hybridized carbons (Fsp3) is 0.444. The van der Waals surface area contributed by atoms with E-state index in [4.69, 9.17) is 0 Å². The van der Waals surface area contributed by atoms with E-state index in [0.717, 1.165) is 12.1 Å². The molecule has 0 amide bonds. The van der Waals surface area contributed by atoms with E-state index in [-0.39, 0.29) is 5.75 Å². The average molecular weight is 445 g/mol. The second-order valence-electron chi connectivity index (χ2n) is 6.73. The van der Waals surface area contributed by atoms with Crippen LogP contribution in [-0.2, 0) is 28.5 Å². The van der Waals surface area contributed by atoms with Crippen LogP contribution in [0.15, 0.2) is 46.1 Å². The summed E-state index contributed by atoms with van der Waals surface area (Å²) >= 11 is 0. The minimum atomic E-state index is -4.37. The third-order valence-corrected chi connectivity index (χ3v) is 6.51. The molecule has 0 bridgehead atoms. The Labute approximate surface area is 172 Å². The van der Waals surface area contributed by atoms with E-state index in [1.165, 1.54) is 28.8 Å². The molecule has 1 N–H and O–H groups in total. The molecule has 2 heterocycles. The van der Waals surface area contributed by atoms with E-state index < -0.39 is 21.8 Å². The van der Waals surface area contributed by atoms with Crippen molar-refractivity contribution in [2.75, 3.05) is 33.2 Å². The molecule has 0 radical (unpaired) electrons. The van der Waals surface area contributed by atoms with Gasteiger partial charge in [-0.3, -0.25) is 4.99 Å². The van der Waals surface area contributed by atoms with Gasteiger partial charge in [-0.15, -0.1) is 0 Å². The molecule has 30 heavy (non-hydrogen) atoms. The summed E-state index contributed by atoms with van der Waals surface area (Å²) in [6.45, 7) is 1.76. The summed E-state index contributed by atoms with van der Waals surface area (Å²) in [5, 5.41) is 6.75. The Hall–Kier alpha value is -2.60. The third kappa shape index (κ3) is 5.51. The molecular weight excluding hydrogens is 423 g/mol. The van der Waals surface area contributed by atoms with Crippen molar-refractivity contribution in [1.82, 2.24) is 19.7 Å². The van der Waals surface area contributed by atoms with Gasteiger partial charge < -0.3 is 14.7 Å². The van der Waals surface area contributed by atoms with Gasteiger partial charge in [-0.25, -0.2) is 8.42 Å². The number of benzene rings is 1. The van der Waals surface area contributed by atoms with E-state index in [9.17, 15) is 21.6 Å². The molecule has 12 heteroatoms. The highest BCUT2D eigenvalue weighted by Gasteiger charge is 2.30. The smallest absolute Gasteiger partial charge is 0.364 e. The number of alkyl halides is 3. The Morgan fingerprint density at radius 3 is 2.37 bits per heavy atom. The fourth-order valence-corrected chi connectivity index (χ4v) is 4.52. The van der Waals surface area contributed by atoms with Crippen LogP contribution in [0, 0.1) is 0 Å². The number of guanidine groups is 1. The largest absolute Gasteiger partial charge is 0.416 e. The lowest BCUT2D eigenvalue weighted by Gasteiger charge is -2.35. The molecule has 0 unspecified atom stereocenters. The Balaban J connectivity index is 1.52. The minimum Gasteiger partial charge on any atom is -0.364 e. The first-order chi connectivity index (χ1) is 14.2. The van der Waals surface area contributed by atoms with Crippen LogP contribution in [0.1, 0.15) is 16.8 Å². The number of nitrogens with zero attached hydrogens (tertiary/aromatic N) is 4. The SMILES string of the molecule is CN=C(NCc1ccc(C(F)(F)F)cc1)N1CCN(S(=O)(=O)Cc2ccon2)CC1. The van der Waals surface area contributed by atoms with Gasteiger partial charge in [0.05, 0.1) is 11.3 Å². The number of nitrogens with one attached hydrogen (secondary N) is 1. The van der Waals surface area contributed by atoms with Gasteiger partial charge in [0, 0.05) is 45.8 Å². The lowest BCUT2D eigenvalue weighted by Crippen LogP contribution is -2.53. The molecule has 1 fully saturated rings. The zero-order valence-corrected chi connectivity index (χ0v) is 17.1. The number of sulfonamides is 1. The van der Waals surface area contributed by atoms with Crippen molar-refractivity contribution in [3.05, 3.63) is 53.4 Å². The standard InChI is InChI=1S/C18H22F3N5O3S/c1-22-17(23-12-14-2-4-15(5-3-14)18(19,20)21)25-7-9-26(10-8-25)30(27,28)13-16-6-11-29-24-16/h2-6,11H,7-10,12-13H2,1H3,(H,22,23). The Kier molecular flexibility index (Phi) is 6.66. The van der Waals surface area contributed by atoms with E-state index in [1.807, 2.05) is 4.90 Å². The van der Waals surface area contributed by atoms with Gasteiger partial charge in [-0.05, 0) is 17.7 Å². The van der Waals surface area contributed by atoms with E-state index in [0.29, 0.717) is 49.9 Å². The predicted molar refractivity (Wildman–Crippen MR) is 104 cm³/mol. The van der Waals surface area contributed by atoms with Crippen molar-refractivity contribution in [2.24, 2.45) is 4.99 Å². The molecule has 1 saturated heterocycles. The summed E-state index contributed by atoms with van der Waals surface area (Å²) < 4.78 is 69.1. The van der Waals surface area contributed by atoms with Crippen molar-refractivity contribution in [3.8, 4) is 0 Å². The van der Waals surface area contributed by atoms with Crippen molar-refractivity contribution >= 4 is 16.0 Å². The van der Waals surface area contributed by atoms with Crippen molar-refractivity contribution < 1.29 is 26.1 Å². The minimum absolute atomic E-state index is 0.218. The van der Waals surface area contributed by atoms with E-state index in [2.05, 4.69) is 20.0 Å². The Morgan fingerprint density at radius 2 is 1.83 bits per heavy atom. The van der Waals surface area contributed by atoms with Crippen LogP contribution in [0.2, 0.25) is 0 Å². The molecule has 0 spiro atoms. The molecular formula is C18H22F3N5O3S. The number of rotatable bonds is 5. The quantitative estimate of drug-likeness (QED) is 0.559. The highest BCUT2D eigenvalue weighted by atomic mass is 32.2. The second-order valence-corrected chi connectivity index (χ2v) is 8.70. The fourth-order valence-electron chi connectivity index (χ4n) is 3.09. The molecule has 1 aliphatic heterocycles. The maximum Gasteiger partial charge on any atom is 0.416 e. The van der Waals surface area contributed by atoms with Gasteiger partial charge in [0.1, 0.15) is 12.0 Å². The molecule has 1 aromatic heterocycles. The topological polar surface area (TPSA) is 91.0 Å². The highest BCUT2D eigenvalue weighted by molar-refractivity contribution is 7.88. The van der Waals surface area contributed by atoms with Crippen LogP contribution in [0.25, 0.3) is 0 Å². The molecule has 0 aliphatic carbocycles. The van der Waals surface area contributed by atoms with E-state index >= 15 is 0 Å². The molecule has 0 saturated carbocycles. The third-order valence-electron chi connectivity index (χ3n) is 4.70. The lowest BCUT2D eigenvalue weighted by molar-refractivity contribution is -0.137. The lowest BCUT2D eigenvalue weighted by atomic mass is 10.1. The van der Waals surface area contributed by atoms with Gasteiger partial charge in [0.25, 0.3) is 0 Å². The zero-order chi connectivity index (χ0) is 21.8. The average Bonchev–Trinajstić information content (AvgIpc) is 3.21. The van der Waals surface area contributed by atoms with Gasteiger partial charge in [0.2, 0.25) is 10.0 Å². The van der Waals surface area contributed by atoms with Crippen molar-refractivity contribution in [1.29, 1.82) is 0 Å². The molecule has 8 nitrogen and oxygen atoms in total. The van der Waals surface area contributed by atoms with Crippen LogP contribution in [-0.4, -0.2) is 62.0 Å². The number of hydrogen-bond donors (Lipinski definition) is 1. The van der Waals surface area contributed by atoms with Crippen LogP contribution >= 0.6 is 0 Å². The number of halogens is 3. The van der Waals surface area contributed by atoms with Crippen LogP contribution in [0.4, 0.5) is 13.2 Å². The number of aromatic nitrogens is 1. The maximum absolute atomic E-state index is 12.7. The van der Waals surface area contributed by atoms with Gasteiger partial charge in [-0.2, -0.15) is 17.5 Å². The number of aliphatic imine (C=N–C) groups is 1. The molecule has 1 aliphatic rings. The van der Waals surface area contributed by atoms with Gasteiger partial charge in [0.15, 0.2) is 5.96 Å². The first-order valence-electron chi connectivity index (χ1n) is 9.18. The maximum atomic E-state index is 12.7. The van der Waals surface area contributed by atoms with Crippen LogP contribution in [0.3, 0.4) is 0 Å². The second kappa shape index (κ2) is 9.04. The first kappa shape index (κ1) is 22.1. The summed E-state index contributed by atoms with van der Waals surface area (Å²) in [7, 11) is -1.90. The molecule has 1 aromatic carbocycles. The molecule has 164 valence electrons. The summed E-state index contributed by atoms with van der Waals surface area (Å²) in [6.07, 6.45) is -3.04. The Morgan fingerprint density at radius 1 is 1.17 bits per heavy atom. The Bertz CT molecular complexity index is 952. The molecule has 2 aromatic rings. The number of piperazine rings is 1. The molecule has 3 rings (SSSR count). The summed E-state index contributed by atoms with van der Waals surface area (Å²) in [6, 6.07) is 6.42. The summed E-state index contributed by atoms with van der Waals surface area (Å²) in [4.78, 5) is 6.10. The number of hydrogen-bond acceptors (Lipinski definition) is 5. The normalized spacial score (nSPS) is 16.7. The first-order valence-corrected chi connectivity index (χ1v) is 10.8. The van der Waals surface area contributed by atoms with Crippen molar-refractivity contribution in [3.63, 3.8) is 0 Å². The highest BCUT2D eigenvalue weighted by Crippen LogP contribution is 2.29.